The minimum absolute atomic E-state index is 0.0638. The van der Waals surface area contributed by atoms with Crippen LogP contribution in [0, 0.1) is 0 Å². The number of aromatic nitrogens is 2. The molecule has 2 N–H and O–H groups in total. The van der Waals surface area contributed by atoms with Gasteiger partial charge in [-0.25, -0.2) is 4.98 Å². The lowest BCUT2D eigenvalue weighted by Gasteiger charge is -2.07. The van der Waals surface area contributed by atoms with Gasteiger partial charge in [0.15, 0.2) is 5.75 Å². The molecule has 0 unspecified atom stereocenters. The first-order chi connectivity index (χ1) is 7.66. The Bertz CT molecular complexity index is 519. The topological polar surface area (TPSA) is 61.0 Å². The van der Waals surface area contributed by atoms with Crippen molar-refractivity contribution in [2.45, 2.75) is 0 Å². The molecule has 0 fully saturated rings. The van der Waals surface area contributed by atoms with Gasteiger partial charge < -0.3 is 10.5 Å². The maximum Gasteiger partial charge on any atom is 0.242 e. The van der Waals surface area contributed by atoms with Crippen LogP contribution in [0.5, 0.6) is 11.6 Å². The molecule has 0 bridgehead atoms. The summed E-state index contributed by atoms with van der Waals surface area (Å²) in [6, 6.07) is 7.02. The number of nitrogens with two attached hydrogens (primary N) is 1. The molecule has 1 aromatic heterocycles. The number of nitrogen functional groups attached to an aromatic ring is 1. The molecule has 2 rings (SSSR count). The average molecular weight is 256 g/mol. The second kappa shape index (κ2) is 4.55. The third kappa shape index (κ3) is 2.35. The maximum atomic E-state index is 5.85. The molecule has 0 aliphatic rings. The molecule has 1 aromatic carbocycles. The minimum Gasteiger partial charge on any atom is -0.435 e. The average Bonchev–Trinajstić information content (AvgIpc) is 2.27. The summed E-state index contributed by atoms with van der Waals surface area (Å²) in [5, 5.41) is 0.335. The molecule has 6 heteroatoms. The van der Waals surface area contributed by atoms with Crippen molar-refractivity contribution in [1.82, 2.24) is 9.97 Å². The highest BCUT2D eigenvalue weighted by molar-refractivity contribution is 6.32. The van der Waals surface area contributed by atoms with Gasteiger partial charge in [0.05, 0.1) is 11.9 Å². The van der Waals surface area contributed by atoms with Gasteiger partial charge in [-0.1, -0.05) is 23.7 Å². The standard InChI is InChI=1S/C10H7Cl2N3O/c11-6-5-14-10(12)15-9(6)16-8-4-2-1-3-7(8)13/h1-5H,13H2. The molecule has 16 heavy (non-hydrogen) atoms. The van der Waals surface area contributed by atoms with Gasteiger partial charge in [-0.05, 0) is 23.7 Å². The second-order valence-corrected chi connectivity index (χ2v) is 3.68. The monoisotopic (exact) mass is 255 g/mol. The summed E-state index contributed by atoms with van der Waals surface area (Å²) in [5.41, 5.74) is 6.21. The van der Waals surface area contributed by atoms with Crippen molar-refractivity contribution in [1.29, 1.82) is 0 Å². The predicted molar refractivity (Wildman–Crippen MR) is 63.0 cm³/mol. The van der Waals surface area contributed by atoms with E-state index >= 15 is 0 Å². The van der Waals surface area contributed by atoms with Crippen molar-refractivity contribution < 1.29 is 4.74 Å². The quantitative estimate of drug-likeness (QED) is 0.662. The molecule has 82 valence electrons. The number of para-hydroxylation sites is 2. The Labute approximate surface area is 102 Å². The highest BCUT2D eigenvalue weighted by Gasteiger charge is 2.08. The van der Waals surface area contributed by atoms with Crippen molar-refractivity contribution in [3.05, 3.63) is 40.8 Å². The summed E-state index contributed by atoms with van der Waals surface area (Å²) in [7, 11) is 0. The summed E-state index contributed by atoms with van der Waals surface area (Å²) in [6.45, 7) is 0. The third-order valence-corrected chi connectivity index (χ3v) is 2.25. The summed E-state index contributed by atoms with van der Waals surface area (Å²) >= 11 is 11.5. The van der Waals surface area contributed by atoms with Crippen LogP contribution in [0.1, 0.15) is 0 Å². The van der Waals surface area contributed by atoms with E-state index in [-0.39, 0.29) is 16.2 Å². The van der Waals surface area contributed by atoms with Gasteiger partial charge in [0.1, 0.15) is 5.02 Å². The molecule has 0 aliphatic heterocycles. The van der Waals surface area contributed by atoms with Crippen LogP contribution in [0.25, 0.3) is 0 Å². The third-order valence-electron chi connectivity index (χ3n) is 1.81. The zero-order chi connectivity index (χ0) is 11.5. The van der Waals surface area contributed by atoms with E-state index < -0.39 is 0 Å². The largest absolute Gasteiger partial charge is 0.435 e. The minimum atomic E-state index is 0.0638. The predicted octanol–water partition coefficient (Wildman–Crippen LogP) is 3.16. The summed E-state index contributed by atoms with van der Waals surface area (Å²) in [6.07, 6.45) is 1.37. The van der Waals surface area contributed by atoms with Gasteiger partial charge in [0.25, 0.3) is 0 Å². The molecule has 0 saturated carbocycles. The van der Waals surface area contributed by atoms with E-state index in [0.717, 1.165) is 0 Å². The lowest BCUT2D eigenvalue weighted by Crippen LogP contribution is -1.95. The van der Waals surface area contributed by atoms with Gasteiger partial charge in [-0.3, -0.25) is 0 Å². The Morgan fingerprint density at radius 1 is 1.19 bits per heavy atom. The number of halogens is 2. The molecule has 0 aliphatic carbocycles. The zero-order valence-electron chi connectivity index (χ0n) is 8.02. The molecule has 0 spiro atoms. The number of nitrogens with zero attached hydrogens (tertiary/aromatic N) is 2. The fourth-order valence-electron chi connectivity index (χ4n) is 1.08. The van der Waals surface area contributed by atoms with Crippen molar-refractivity contribution >= 4 is 28.9 Å². The van der Waals surface area contributed by atoms with E-state index in [1.807, 2.05) is 0 Å². The van der Waals surface area contributed by atoms with E-state index in [1.54, 1.807) is 24.3 Å². The molecule has 0 atom stereocenters. The van der Waals surface area contributed by atoms with E-state index in [0.29, 0.717) is 11.4 Å². The normalized spacial score (nSPS) is 10.1. The first-order valence-electron chi connectivity index (χ1n) is 4.37. The number of hydrogen-bond acceptors (Lipinski definition) is 4. The van der Waals surface area contributed by atoms with Crippen LogP contribution < -0.4 is 10.5 Å². The fourth-order valence-corrected chi connectivity index (χ4v) is 1.34. The van der Waals surface area contributed by atoms with E-state index in [4.69, 9.17) is 33.7 Å². The fraction of sp³-hybridized carbons (Fsp3) is 0. The van der Waals surface area contributed by atoms with Gasteiger partial charge in [-0.2, -0.15) is 4.98 Å². The van der Waals surface area contributed by atoms with Crippen molar-refractivity contribution in [3.8, 4) is 11.6 Å². The Morgan fingerprint density at radius 3 is 2.69 bits per heavy atom. The molecule has 2 aromatic rings. The van der Waals surface area contributed by atoms with Crippen LogP contribution in [-0.2, 0) is 0 Å². The molecular weight excluding hydrogens is 249 g/mol. The highest BCUT2D eigenvalue weighted by atomic mass is 35.5. The van der Waals surface area contributed by atoms with Crippen molar-refractivity contribution in [2.75, 3.05) is 5.73 Å². The highest BCUT2D eigenvalue weighted by Crippen LogP contribution is 2.30. The number of hydrogen-bond donors (Lipinski definition) is 1. The Kier molecular flexibility index (Phi) is 3.12. The maximum absolute atomic E-state index is 5.85. The Morgan fingerprint density at radius 2 is 1.94 bits per heavy atom. The van der Waals surface area contributed by atoms with Gasteiger partial charge in [-0.15, -0.1) is 0 Å². The van der Waals surface area contributed by atoms with E-state index in [1.165, 1.54) is 6.20 Å². The molecular formula is C10H7Cl2N3O. The number of anilines is 1. The van der Waals surface area contributed by atoms with Gasteiger partial charge in [0, 0.05) is 0 Å². The van der Waals surface area contributed by atoms with Crippen LogP contribution in [0.3, 0.4) is 0 Å². The lowest BCUT2D eigenvalue weighted by atomic mass is 10.3. The molecule has 4 nitrogen and oxygen atoms in total. The van der Waals surface area contributed by atoms with Crippen molar-refractivity contribution in [3.63, 3.8) is 0 Å². The van der Waals surface area contributed by atoms with Gasteiger partial charge in [0.2, 0.25) is 11.2 Å². The number of benzene rings is 1. The smallest absolute Gasteiger partial charge is 0.242 e. The van der Waals surface area contributed by atoms with Crippen LogP contribution >= 0.6 is 23.2 Å². The summed E-state index contributed by atoms with van der Waals surface area (Å²) in [5.74, 6) is 0.652. The van der Waals surface area contributed by atoms with Crippen LogP contribution in [0.15, 0.2) is 30.5 Å². The first-order valence-corrected chi connectivity index (χ1v) is 5.13. The van der Waals surface area contributed by atoms with Crippen LogP contribution in [0.2, 0.25) is 10.3 Å². The summed E-state index contributed by atoms with van der Waals surface area (Å²) in [4.78, 5) is 7.57. The second-order valence-electron chi connectivity index (χ2n) is 2.93. The SMILES string of the molecule is Nc1ccccc1Oc1nc(Cl)ncc1Cl. The Hall–Kier alpha value is -1.52. The molecule has 0 radical (unpaired) electrons. The van der Waals surface area contributed by atoms with E-state index in [9.17, 15) is 0 Å². The lowest BCUT2D eigenvalue weighted by molar-refractivity contribution is 0.464. The molecule has 0 saturated heterocycles. The van der Waals surface area contributed by atoms with Gasteiger partial charge >= 0.3 is 0 Å². The zero-order valence-corrected chi connectivity index (χ0v) is 9.53. The Balaban J connectivity index is 2.34. The van der Waals surface area contributed by atoms with Crippen molar-refractivity contribution in [2.24, 2.45) is 0 Å². The van der Waals surface area contributed by atoms with Crippen LogP contribution in [0.4, 0.5) is 5.69 Å². The molecule has 1 heterocycles. The molecule has 0 amide bonds. The summed E-state index contributed by atoms with van der Waals surface area (Å²) < 4.78 is 5.43. The first kappa shape index (κ1) is 11.0. The van der Waals surface area contributed by atoms with Crippen LogP contribution in [-0.4, -0.2) is 9.97 Å². The van der Waals surface area contributed by atoms with E-state index in [2.05, 4.69) is 9.97 Å². The number of rotatable bonds is 2. The number of ether oxygens (including phenoxy) is 1.